The van der Waals surface area contributed by atoms with Crippen LogP contribution in [0.1, 0.15) is 38.2 Å². The molecule has 0 saturated carbocycles. The van der Waals surface area contributed by atoms with Gasteiger partial charge in [-0.05, 0) is 30.9 Å². The summed E-state index contributed by atoms with van der Waals surface area (Å²) in [7, 11) is -2.88. The Balaban J connectivity index is 2.65. The van der Waals surface area contributed by atoms with E-state index in [1.807, 2.05) is 18.2 Å². The van der Waals surface area contributed by atoms with Crippen LogP contribution < -0.4 is 5.32 Å². The van der Waals surface area contributed by atoms with Crippen LogP contribution in [0.3, 0.4) is 0 Å². The van der Waals surface area contributed by atoms with E-state index in [-0.39, 0.29) is 17.4 Å². The Hall–Kier alpha value is -0.870. The molecule has 19 heavy (non-hydrogen) atoms. The fraction of sp³-hybridized carbons (Fsp3) is 0.600. The minimum absolute atomic E-state index is 0.233. The number of hydrogen-bond acceptors (Lipinski definition) is 3. The highest BCUT2D eigenvalue weighted by molar-refractivity contribution is 7.91. The normalized spacial score (nSPS) is 13.4. The van der Waals surface area contributed by atoms with Crippen LogP contribution in [0.5, 0.6) is 0 Å². The molecule has 4 heteroatoms. The second-order valence-corrected chi connectivity index (χ2v) is 7.31. The summed E-state index contributed by atoms with van der Waals surface area (Å²) < 4.78 is 23.3. The standard InChI is InChI=1S/C15H25NO2S/c1-3-11-16-13-15(10-12-19(17,18)4-2)14-8-6-5-7-9-14/h5-9,15-16H,3-4,10-13H2,1-2H3. The van der Waals surface area contributed by atoms with Crippen LogP contribution in [0.4, 0.5) is 0 Å². The van der Waals surface area contributed by atoms with E-state index in [4.69, 9.17) is 0 Å². The van der Waals surface area contributed by atoms with E-state index in [2.05, 4.69) is 24.4 Å². The van der Waals surface area contributed by atoms with Gasteiger partial charge < -0.3 is 5.32 Å². The Kier molecular flexibility index (Phi) is 7.10. The molecule has 1 aromatic carbocycles. The second kappa shape index (κ2) is 8.33. The van der Waals surface area contributed by atoms with Gasteiger partial charge in [-0.1, -0.05) is 44.2 Å². The van der Waals surface area contributed by atoms with Crippen molar-refractivity contribution in [1.29, 1.82) is 0 Å². The molecule has 0 amide bonds. The molecule has 1 atom stereocenters. The highest BCUT2D eigenvalue weighted by Gasteiger charge is 2.15. The summed E-state index contributed by atoms with van der Waals surface area (Å²) in [5.41, 5.74) is 1.22. The van der Waals surface area contributed by atoms with E-state index < -0.39 is 9.84 Å². The van der Waals surface area contributed by atoms with E-state index in [9.17, 15) is 8.42 Å². The largest absolute Gasteiger partial charge is 0.316 e. The van der Waals surface area contributed by atoms with Crippen LogP contribution in [0, 0.1) is 0 Å². The summed E-state index contributed by atoms with van der Waals surface area (Å²) in [4.78, 5) is 0. The maximum Gasteiger partial charge on any atom is 0.150 e. The molecule has 0 saturated heterocycles. The van der Waals surface area contributed by atoms with Crippen molar-refractivity contribution in [3.63, 3.8) is 0 Å². The monoisotopic (exact) mass is 283 g/mol. The maximum atomic E-state index is 11.6. The van der Waals surface area contributed by atoms with Gasteiger partial charge in [0.2, 0.25) is 0 Å². The molecule has 108 valence electrons. The van der Waals surface area contributed by atoms with Gasteiger partial charge >= 0.3 is 0 Å². The predicted octanol–water partition coefficient (Wildman–Crippen LogP) is 2.59. The Labute approximate surface area is 117 Å². The lowest BCUT2D eigenvalue weighted by atomic mass is 9.96. The van der Waals surface area contributed by atoms with Crippen molar-refractivity contribution in [3.8, 4) is 0 Å². The SMILES string of the molecule is CCCNCC(CCS(=O)(=O)CC)c1ccccc1. The second-order valence-electron chi connectivity index (χ2n) is 4.84. The highest BCUT2D eigenvalue weighted by Crippen LogP contribution is 2.19. The lowest BCUT2D eigenvalue weighted by Crippen LogP contribution is -2.24. The number of hydrogen-bond donors (Lipinski definition) is 1. The van der Waals surface area contributed by atoms with Crippen LogP contribution in [0.15, 0.2) is 30.3 Å². The van der Waals surface area contributed by atoms with Gasteiger partial charge in [0.25, 0.3) is 0 Å². The number of nitrogens with one attached hydrogen (secondary N) is 1. The van der Waals surface area contributed by atoms with Crippen molar-refractivity contribution >= 4 is 9.84 Å². The van der Waals surface area contributed by atoms with Crippen LogP contribution in [0.25, 0.3) is 0 Å². The zero-order chi connectivity index (χ0) is 14.1. The molecule has 1 rings (SSSR count). The van der Waals surface area contributed by atoms with Gasteiger partial charge in [-0.3, -0.25) is 0 Å². The van der Waals surface area contributed by atoms with Crippen molar-refractivity contribution in [3.05, 3.63) is 35.9 Å². The van der Waals surface area contributed by atoms with Gasteiger partial charge in [-0.25, -0.2) is 8.42 Å². The van der Waals surface area contributed by atoms with Crippen molar-refractivity contribution in [2.75, 3.05) is 24.6 Å². The molecule has 0 fully saturated rings. The Morgan fingerprint density at radius 3 is 2.42 bits per heavy atom. The molecule has 0 aromatic heterocycles. The molecule has 0 aliphatic carbocycles. The van der Waals surface area contributed by atoms with Crippen molar-refractivity contribution in [2.24, 2.45) is 0 Å². The number of benzene rings is 1. The van der Waals surface area contributed by atoms with E-state index in [0.717, 1.165) is 19.5 Å². The molecular weight excluding hydrogens is 258 g/mol. The first kappa shape index (κ1) is 16.2. The first-order chi connectivity index (χ1) is 9.09. The van der Waals surface area contributed by atoms with Crippen LogP contribution in [-0.2, 0) is 9.84 Å². The first-order valence-electron chi connectivity index (χ1n) is 7.05. The fourth-order valence-electron chi connectivity index (χ4n) is 2.03. The lowest BCUT2D eigenvalue weighted by molar-refractivity contribution is 0.554. The zero-order valence-corrected chi connectivity index (χ0v) is 12.7. The van der Waals surface area contributed by atoms with E-state index in [1.54, 1.807) is 6.92 Å². The predicted molar refractivity (Wildman–Crippen MR) is 81.3 cm³/mol. The Morgan fingerprint density at radius 1 is 1.16 bits per heavy atom. The van der Waals surface area contributed by atoms with Crippen molar-refractivity contribution in [1.82, 2.24) is 5.32 Å². The molecule has 0 heterocycles. The third kappa shape index (κ3) is 6.21. The van der Waals surface area contributed by atoms with Gasteiger partial charge in [-0.2, -0.15) is 0 Å². The van der Waals surface area contributed by atoms with Gasteiger partial charge in [-0.15, -0.1) is 0 Å². The van der Waals surface area contributed by atoms with Gasteiger partial charge in [0.1, 0.15) is 9.84 Å². The molecule has 0 bridgehead atoms. The van der Waals surface area contributed by atoms with Crippen LogP contribution in [0.2, 0.25) is 0 Å². The zero-order valence-electron chi connectivity index (χ0n) is 11.9. The summed E-state index contributed by atoms with van der Waals surface area (Å²) in [5.74, 6) is 0.780. The maximum absolute atomic E-state index is 11.6. The summed E-state index contributed by atoms with van der Waals surface area (Å²) in [6.07, 6.45) is 1.78. The molecule has 1 aromatic rings. The molecule has 0 aliphatic rings. The van der Waals surface area contributed by atoms with Gasteiger partial charge in [0.15, 0.2) is 0 Å². The first-order valence-corrected chi connectivity index (χ1v) is 8.87. The molecule has 0 radical (unpaired) electrons. The molecule has 1 unspecified atom stereocenters. The quantitative estimate of drug-likeness (QED) is 0.709. The van der Waals surface area contributed by atoms with Crippen molar-refractivity contribution < 1.29 is 8.42 Å². The van der Waals surface area contributed by atoms with Crippen LogP contribution in [-0.4, -0.2) is 33.0 Å². The van der Waals surface area contributed by atoms with Gasteiger partial charge in [0, 0.05) is 12.3 Å². The number of sulfone groups is 1. The Bertz CT molecular complexity index is 442. The fourth-order valence-corrected chi connectivity index (χ4v) is 2.96. The van der Waals surface area contributed by atoms with Gasteiger partial charge in [0.05, 0.1) is 5.75 Å². The minimum Gasteiger partial charge on any atom is -0.316 e. The molecule has 3 nitrogen and oxygen atoms in total. The molecular formula is C15H25NO2S. The average Bonchev–Trinajstić information content (AvgIpc) is 2.43. The van der Waals surface area contributed by atoms with Crippen LogP contribution >= 0.6 is 0 Å². The number of rotatable bonds is 9. The third-order valence-corrected chi connectivity index (χ3v) is 5.04. The summed E-state index contributed by atoms with van der Waals surface area (Å²) in [6.45, 7) is 5.66. The van der Waals surface area contributed by atoms with E-state index >= 15 is 0 Å². The topological polar surface area (TPSA) is 46.2 Å². The minimum atomic E-state index is -2.88. The molecule has 1 N–H and O–H groups in total. The molecule has 0 aliphatic heterocycles. The smallest absolute Gasteiger partial charge is 0.150 e. The Morgan fingerprint density at radius 2 is 1.84 bits per heavy atom. The summed E-state index contributed by atoms with van der Waals surface area (Å²) >= 11 is 0. The molecule has 0 spiro atoms. The van der Waals surface area contributed by atoms with E-state index in [1.165, 1.54) is 5.56 Å². The lowest BCUT2D eigenvalue weighted by Gasteiger charge is -2.18. The van der Waals surface area contributed by atoms with E-state index in [0.29, 0.717) is 6.42 Å². The third-order valence-electron chi connectivity index (χ3n) is 3.31. The van der Waals surface area contributed by atoms with Crippen molar-refractivity contribution in [2.45, 2.75) is 32.6 Å². The highest BCUT2D eigenvalue weighted by atomic mass is 32.2. The summed E-state index contributed by atoms with van der Waals surface area (Å²) in [5, 5.41) is 3.39. The average molecular weight is 283 g/mol. The summed E-state index contributed by atoms with van der Waals surface area (Å²) in [6, 6.07) is 10.2.